The van der Waals surface area contributed by atoms with Gasteiger partial charge in [-0.1, -0.05) is 17.7 Å². The fraction of sp³-hybridized carbons (Fsp3) is 0.611. The van der Waals surface area contributed by atoms with Crippen molar-refractivity contribution in [3.63, 3.8) is 0 Å². The Bertz CT molecular complexity index is 741. The van der Waals surface area contributed by atoms with E-state index in [1.165, 1.54) is 12.1 Å². The number of rotatable bonds is 6. The number of hydrogen-bond acceptors (Lipinski definition) is 5. The van der Waals surface area contributed by atoms with Gasteiger partial charge in [-0.2, -0.15) is 0 Å². The Kier molecular flexibility index (Phi) is 7.50. The van der Waals surface area contributed by atoms with Crippen LogP contribution in [0.1, 0.15) is 27.2 Å². The Morgan fingerprint density at radius 1 is 1.22 bits per heavy atom. The normalized spacial score (nSPS) is 16.4. The first-order chi connectivity index (χ1) is 12.6. The van der Waals surface area contributed by atoms with Gasteiger partial charge in [0.05, 0.1) is 4.90 Å². The summed E-state index contributed by atoms with van der Waals surface area (Å²) < 4.78 is 32.4. The van der Waals surface area contributed by atoms with Crippen LogP contribution in [0.4, 0.5) is 4.79 Å². The minimum atomic E-state index is -3.55. The number of carbonyl (C=O) groups excluding carboxylic acids is 1. The molecule has 0 bridgehead atoms. The smallest absolute Gasteiger partial charge is 0.410 e. The number of carbonyl (C=O) groups is 1. The van der Waals surface area contributed by atoms with Gasteiger partial charge in [0.1, 0.15) is 5.60 Å². The van der Waals surface area contributed by atoms with Gasteiger partial charge in [0.25, 0.3) is 0 Å². The quantitative estimate of drug-likeness (QED) is 0.719. The monoisotopic (exact) mass is 417 g/mol. The maximum absolute atomic E-state index is 12.2. The molecule has 2 rings (SSSR count). The molecule has 1 amide bonds. The molecular weight excluding hydrogens is 390 g/mol. The van der Waals surface area contributed by atoms with Gasteiger partial charge in [0.2, 0.25) is 10.0 Å². The molecule has 0 unspecified atom stereocenters. The molecular formula is C18H28ClN3O4S. The first-order valence-electron chi connectivity index (χ1n) is 9.02. The molecule has 1 heterocycles. The highest BCUT2D eigenvalue weighted by atomic mass is 35.5. The van der Waals surface area contributed by atoms with Gasteiger partial charge in [-0.3, -0.25) is 4.90 Å². The lowest BCUT2D eigenvalue weighted by atomic mass is 10.2. The predicted molar refractivity (Wildman–Crippen MR) is 106 cm³/mol. The van der Waals surface area contributed by atoms with E-state index >= 15 is 0 Å². The van der Waals surface area contributed by atoms with E-state index < -0.39 is 15.6 Å². The summed E-state index contributed by atoms with van der Waals surface area (Å²) in [5.74, 6) is 0. The molecule has 0 radical (unpaired) electrons. The minimum absolute atomic E-state index is 0.168. The number of halogens is 1. The lowest BCUT2D eigenvalue weighted by molar-refractivity contribution is 0.0145. The third kappa shape index (κ3) is 7.29. The van der Waals surface area contributed by atoms with Gasteiger partial charge in [-0.25, -0.2) is 17.9 Å². The number of hydrogen-bond donors (Lipinski definition) is 1. The molecule has 1 fully saturated rings. The van der Waals surface area contributed by atoms with Crippen LogP contribution in [-0.2, 0) is 14.8 Å². The molecule has 0 atom stereocenters. The van der Waals surface area contributed by atoms with E-state index in [-0.39, 0.29) is 11.0 Å². The first kappa shape index (κ1) is 21.9. The van der Waals surface area contributed by atoms with E-state index in [1.807, 2.05) is 20.8 Å². The number of benzene rings is 1. The summed E-state index contributed by atoms with van der Waals surface area (Å²) in [6.45, 7) is 9.40. The SMILES string of the molecule is CC(C)(C)OC(=O)N1CCN(CCCNS(=O)(=O)c2cccc(Cl)c2)CC1. The molecule has 1 aromatic rings. The van der Waals surface area contributed by atoms with Gasteiger partial charge in [-0.15, -0.1) is 0 Å². The van der Waals surface area contributed by atoms with Crippen molar-refractivity contribution in [3.05, 3.63) is 29.3 Å². The zero-order valence-corrected chi connectivity index (χ0v) is 17.6. The first-order valence-corrected chi connectivity index (χ1v) is 10.9. The summed E-state index contributed by atoms with van der Waals surface area (Å²) in [6.07, 6.45) is 0.406. The standard InChI is InChI=1S/C18H28ClN3O4S/c1-18(2,3)26-17(23)22-12-10-21(11-13-22)9-5-8-20-27(24,25)16-7-4-6-15(19)14-16/h4,6-7,14,20H,5,8-13H2,1-3H3. The van der Waals surface area contributed by atoms with E-state index in [0.29, 0.717) is 31.1 Å². The van der Waals surface area contributed by atoms with Crippen molar-refractivity contribution in [1.82, 2.24) is 14.5 Å². The lowest BCUT2D eigenvalue weighted by Crippen LogP contribution is -2.50. The summed E-state index contributed by atoms with van der Waals surface area (Å²) in [6, 6.07) is 6.20. The molecule has 0 spiro atoms. The molecule has 9 heteroatoms. The number of piperazine rings is 1. The van der Waals surface area contributed by atoms with Crippen LogP contribution in [0.5, 0.6) is 0 Å². The zero-order chi connectivity index (χ0) is 20.1. The van der Waals surface area contributed by atoms with Crippen molar-refractivity contribution in [2.45, 2.75) is 37.7 Å². The van der Waals surface area contributed by atoms with E-state index in [4.69, 9.17) is 16.3 Å². The summed E-state index contributed by atoms with van der Waals surface area (Å²) in [4.78, 5) is 16.1. The fourth-order valence-electron chi connectivity index (χ4n) is 2.71. The Hall–Kier alpha value is -1.35. The maximum Gasteiger partial charge on any atom is 0.410 e. The van der Waals surface area contributed by atoms with Gasteiger partial charge < -0.3 is 9.64 Å². The van der Waals surface area contributed by atoms with Crippen LogP contribution in [0.15, 0.2) is 29.2 Å². The van der Waals surface area contributed by atoms with Gasteiger partial charge >= 0.3 is 6.09 Å². The van der Waals surface area contributed by atoms with Crippen molar-refractivity contribution >= 4 is 27.7 Å². The third-order valence-electron chi connectivity index (χ3n) is 4.07. The van der Waals surface area contributed by atoms with Crippen molar-refractivity contribution in [2.75, 3.05) is 39.3 Å². The maximum atomic E-state index is 12.2. The van der Waals surface area contributed by atoms with E-state index in [2.05, 4.69) is 9.62 Å². The number of sulfonamides is 1. The highest BCUT2D eigenvalue weighted by molar-refractivity contribution is 7.89. The number of nitrogens with one attached hydrogen (secondary N) is 1. The Balaban J connectivity index is 1.69. The molecule has 1 saturated heterocycles. The van der Waals surface area contributed by atoms with Crippen molar-refractivity contribution in [1.29, 1.82) is 0 Å². The van der Waals surface area contributed by atoms with Crippen LogP contribution >= 0.6 is 11.6 Å². The highest BCUT2D eigenvalue weighted by Crippen LogP contribution is 2.15. The summed E-state index contributed by atoms with van der Waals surface area (Å²) in [5, 5.41) is 0.390. The van der Waals surface area contributed by atoms with Crippen LogP contribution in [0.25, 0.3) is 0 Å². The molecule has 1 aromatic carbocycles. The summed E-state index contributed by atoms with van der Waals surface area (Å²) in [5.41, 5.74) is -0.492. The average Bonchev–Trinajstić information content (AvgIpc) is 2.58. The lowest BCUT2D eigenvalue weighted by Gasteiger charge is -2.35. The van der Waals surface area contributed by atoms with Crippen molar-refractivity contribution in [3.8, 4) is 0 Å². The second-order valence-electron chi connectivity index (χ2n) is 7.52. The zero-order valence-electron chi connectivity index (χ0n) is 16.1. The Morgan fingerprint density at radius 3 is 2.48 bits per heavy atom. The van der Waals surface area contributed by atoms with Crippen LogP contribution in [0, 0.1) is 0 Å². The van der Waals surface area contributed by atoms with Gasteiger partial charge in [0, 0.05) is 37.7 Å². The molecule has 1 aliphatic heterocycles. The third-order valence-corrected chi connectivity index (χ3v) is 5.77. The minimum Gasteiger partial charge on any atom is -0.444 e. The number of ether oxygens (including phenoxy) is 1. The van der Waals surface area contributed by atoms with Crippen molar-refractivity contribution < 1.29 is 17.9 Å². The summed E-state index contributed by atoms with van der Waals surface area (Å²) >= 11 is 5.85. The molecule has 0 aromatic heterocycles. The average molecular weight is 418 g/mol. The second-order valence-corrected chi connectivity index (χ2v) is 9.72. The highest BCUT2D eigenvalue weighted by Gasteiger charge is 2.25. The fourth-order valence-corrected chi connectivity index (χ4v) is 4.08. The Morgan fingerprint density at radius 2 is 1.89 bits per heavy atom. The van der Waals surface area contributed by atoms with Crippen LogP contribution < -0.4 is 4.72 Å². The predicted octanol–water partition coefficient (Wildman–Crippen LogP) is 2.56. The molecule has 1 aliphatic rings. The Labute approximate surface area is 166 Å². The van der Waals surface area contributed by atoms with E-state index in [0.717, 1.165) is 19.6 Å². The molecule has 7 nitrogen and oxygen atoms in total. The van der Waals surface area contributed by atoms with Crippen LogP contribution in [0.3, 0.4) is 0 Å². The number of amides is 1. The van der Waals surface area contributed by atoms with Gasteiger partial charge in [-0.05, 0) is 51.9 Å². The topological polar surface area (TPSA) is 79.0 Å². The second kappa shape index (κ2) is 9.23. The molecule has 0 aliphatic carbocycles. The molecule has 1 N–H and O–H groups in total. The summed E-state index contributed by atoms with van der Waals surface area (Å²) in [7, 11) is -3.55. The number of nitrogens with zero attached hydrogens (tertiary/aromatic N) is 2. The van der Waals surface area contributed by atoms with E-state index in [9.17, 15) is 13.2 Å². The molecule has 0 saturated carbocycles. The van der Waals surface area contributed by atoms with E-state index in [1.54, 1.807) is 17.0 Å². The molecule has 152 valence electrons. The van der Waals surface area contributed by atoms with Crippen LogP contribution in [0.2, 0.25) is 5.02 Å². The van der Waals surface area contributed by atoms with Crippen LogP contribution in [-0.4, -0.2) is 69.2 Å². The van der Waals surface area contributed by atoms with Gasteiger partial charge in [0.15, 0.2) is 0 Å². The molecule has 27 heavy (non-hydrogen) atoms. The largest absolute Gasteiger partial charge is 0.444 e. The van der Waals surface area contributed by atoms with Crippen molar-refractivity contribution in [2.24, 2.45) is 0 Å².